The van der Waals surface area contributed by atoms with Crippen LogP contribution < -0.4 is 4.90 Å². The maximum absolute atomic E-state index is 12.5. The number of piperazine rings is 1. The third-order valence-corrected chi connectivity index (χ3v) is 5.39. The van der Waals surface area contributed by atoms with Gasteiger partial charge in [-0.25, -0.2) is 0 Å². The van der Waals surface area contributed by atoms with Crippen LogP contribution >= 0.6 is 15.9 Å². The molecule has 1 heterocycles. The molecule has 3 rings (SSSR count). The number of carbonyl (C=O) groups is 1. The van der Waals surface area contributed by atoms with Crippen LogP contribution in [0.3, 0.4) is 0 Å². The number of nitro benzene ring substituents is 1. The van der Waals surface area contributed by atoms with Crippen LogP contribution in [0.25, 0.3) is 0 Å². The molecular weight excluding hydrogens is 398 g/mol. The molecule has 0 bridgehead atoms. The van der Waals surface area contributed by atoms with E-state index in [-0.39, 0.29) is 16.5 Å². The molecule has 1 aliphatic heterocycles. The van der Waals surface area contributed by atoms with Crippen molar-refractivity contribution in [3.63, 3.8) is 0 Å². The molecule has 136 valence electrons. The molecule has 1 fully saturated rings. The van der Waals surface area contributed by atoms with Crippen molar-refractivity contribution in [3.05, 3.63) is 68.7 Å². The van der Waals surface area contributed by atoms with Crippen LogP contribution in [0.15, 0.2) is 53.0 Å². The Morgan fingerprint density at radius 2 is 1.69 bits per heavy atom. The Balaban J connectivity index is 1.56. The molecule has 0 aromatic heterocycles. The molecule has 0 radical (unpaired) electrons. The largest absolute Gasteiger partial charge is 0.362 e. The molecule has 0 aliphatic carbocycles. The van der Waals surface area contributed by atoms with Crippen LogP contribution in [-0.4, -0.2) is 41.9 Å². The third-order valence-electron chi connectivity index (χ3n) is 4.62. The quantitative estimate of drug-likeness (QED) is 0.550. The molecule has 1 aliphatic rings. The zero-order valence-electron chi connectivity index (χ0n) is 14.3. The van der Waals surface area contributed by atoms with Crippen LogP contribution in [0.1, 0.15) is 12.0 Å². The second-order valence-electron chi connectivity index (χ2n) is 6.21. The number of nitro groups is 1. The van der Waals surface area contributed by atoms with E-state index in [0.717, 1.165) is 10.0 Å². The van der Waals surface area contributed by atoms with Crippen molar-refractivity contribution in [2.24, 2.45) is 0 Å². The molecule has 1 amide bonds. The molecule has 2 aromatic carbocycles. The molecule has 1 saturated heterocycles. The van der Waals surface area contributed by atoms with Gasteiger partial charge >= 0.3 is 0 Å². The second-order valence-corrected chi connectivity index (χ2v) is 7.06. The van der Waals surface area contributed by atoms with Crippen molar-refractivity contribution in [2.45, 2.75) is 12.8 Å². The highest BCUT2D eigenvalue weighted by Crippen LogP contribution is 2.28. The van der Waals surface area contributed by atoms with E-state index in [1.807, 2.05) is 34.1 Å². The fourth-order valence-corrected chi connectivity index (χ4v) is 3.67. The summed E-state index contributed by atoms with van der Waals surface area (Å²) in [6.07, 6.45) is 1.17. The van der Waals surface area contributed by atoms with Gasteiger partial charge in [-0.3, -0.25) is 14.9 Å². The molecule has 6 nitrogen and oxygen atoms in total. The number of anilines is 1. The number of rotatable bonds is 5. The first-order chi connectivity index (χ1) is 12.6. The summed E-state index contributed by atoms with van der Waals surface area (Å²) in [4.78, 5) is 27.2. The normalized spacial score (nSPS) is 14.3. The Morgan fingerprint density at radius 1 is 1.04 bits per heavy atom. The van der Waals surface area contributed by atoms with Gasteiger partial charge in [0.05, 0.1) is 4.92 Å². The topological polar surface area (TPSA) is 66.7 Å². The number of para-hydroxylation sites is 2. The van der Waals surface area contributed by atoms with E-state index < -0.39 is 0 Å². The van der Waals surface area contributed by atoms with Gasteiger partial charge in [0.2, 0.25) is 5.91 Å². The standard InChI is InChI=1S/C19H20BrN3O3/c20-16-6-2-1-5-15(16)9-10-19(24)22-13-11-21(12-14-22)17-7-3-4-8-18(17)23(25)26/h1-8H,9-14H2. The highest BCUT2D eigenvalue weighted by Gasteiger charge is 2.25. The van der Waals surface area contributed by atoms with E-state index in [1.54, 1.807) is 18.2 Å². The van der Waals surface area contributed by atoms with Crippen molar-refractivity contribution in [2.75, 3.05) is 31.1 Å². The predicted octanol–water partition coefficient (Wildman–Crippen LogP) is 3.64. The number of aryl methyl sites for hydroxylation is 1. The maximum atomic E-state index is 12.5. The Kier molecular flexibility index (Phi) is 5.88. The summed E-state index contributed by atoms with van der Waals surface area (Å²) in [6, 6.07) is 14.7. The molecule has 0 N–H and O–H groups in total. The van der Waals surface area contributed by atoms with Crippen LogP contribution in [-0.2, 0) is 11.2 Å². The number of halogens is 1. The lowest BCUT2D eigenvalue weighted by molar-refractivity contribution is -0.384. The summed E-state index contributed by atoms with van der Waals surface area (Å²) in [7, 11) is 0. The van der Waals surface area contributed by atoms with Gasteiger partial charge in [0.15, 0.2) is 0 Å². The van der Waals surface area contributed by atoms with Crippen LogP contribution in [0.4, 0.5) is 11.4 Å². The maximum Gasteiger partial charge on any atom is 0.292 e. The summed E-state index contributed by atoms with van der Waals surface area (Å²) in [5, 5.41) is 11.2. The number of nitrogens with zero attached hydrogens (tertiary/aromatic N) is 3. The summed E-state index contributed by atoms with van der Waals surface area (Å²) in [5.41, 5.74) is 1.86. The number of benzene rings is 2. The Morgan fingerprint density at radius 3 is 2.38 bits per heavy atom. The SMILES string of the molecule is O=C(CCc1ccccc1Br)N1CCN(c2ccccc2[N+](=O)[O-])CC1. The first-order valence-corrected chi connectivity index (χ1v) is 9.35. The molecule has 0 spiro atoms. The van der Waals surface area contributed by atoms with Crippen molar-refractivity contribution in [3.8, 4) is 0 Å². The van der Waals surface area contributed by atoms with E-state index in [1.165, 1.54) is 6.07 Å². The molecular formula is C19H20BrN3O3. The minimum atomic E-state index is -0.357. The van der Waals surface area contributed by atoms with Crippen LogP contribution in [0.5, 0.6) is 0 Å². The van der Waals surface area contributed by atoms with E-state index in [9.17, 15) is 14.9 Å². The van der Waals surface area contributed by atoms with Gasteiger partial charge in [0.25, 0.3) is 5.69 Å². The Labute approximate surface area is 160 Å². The Bertz CT molecular complexity index is 804. The fraction of sp³-hybridized carbons (Fsp3) is 0.316. The summed E-state index contributed by atoms with van der Waals surface area (Å²) in [5.74, 6) is 0.128. The summed E-state index contributed by atoms with van der Waals surface area (Å²) < 4.78 is 1.02. The molecule has 7 heteroatoms. The van der Waals surface area contributed by atoms with Crippen LogP contribution in [0.2, 0.25) is 0 Å². The summed E-state index contributed by atoms with van der Waals surface area (Å²) >= 11 is 3.51. The minimum absolute atomic E-state index is 0.112. The van der Waals surface area contributed by atoms with Crippen molar-refractivity contribution in [1.29, 1.82) is 0 Å². The number of amides is 1. The lowest BCUT2D eigenvalue weighted by Gasteiger charge is -2.35. The smallest absolute Gasteiger partial charge is 0.292 e. The second kappa shape index (κ2) is 8.31. The van der Waals surface area contributed by atoms with Crippen molar-refractivity contribution < 1.29 is 9.72 Å². The monoisotopic (exact) mass is 417 g/mol. The van der Waals surface area contributed by atoms with E-state index >= 15 is 0 Å². The first kappa shape index (κ1) is 18.4. The molecule has 0 unspecified atom stereocenters. The summed E-state index contributed by atoms with van der Waals surface area (Å²) in [6.45, 7) is 2.37. The lowest BCUT2D eigenvalue weighted by Crippen LogP contribution is -2.49. The van der Waals surface area contributed by atoms with E-state index in [4.69, 9.17) is 0 Å². The minimum Gasteiger partial charge on any atom is -0.362 e. The lowest BCUT2D eigenvalue weighted by atomic mass is 10.1. The van der Waals surface area contributed by atoms with Gasteiger partial charge in [-0.2, -0.15) is 0 Å². The predicted molar refractivity (Wildman–Crippen MR) is 104 cm³/mol. The fourth-order valence-electron chi connectivity index (χ4n) is 3.18. The zero-order chi connectivity index (χ0) is 18.5. The van der Waals surface area contributed by atoms with Crippen LogP contribution in [0, 0.1) is 10.1 Å². The van der Waals surface area contributed by atoms with Gasteiger partial charge < -0.3 is 9.80 Å². The van der Waals surface area contributed by atoms with Gasteiger partial charge in [0.1, 0.15) is 5.69 Å². The zero-order valence-corrected chi connectivity index (χ0v) is 15.9. The number of hydrogen-bond acceptors (Lipinski definition) is 4. The number of carbonyl (C=O) groups excluding carboxylic acids is 1. The average molecular weight is 418 g/mol. The molecule has 2 aromatic rings. The molecule has 0 atom stereocenters. The van der Waals surface area contributed by atoms with Crippen molar-refractivity contribution >= 4 is 33.2 Å². The van der Waals surface area contributed by atoms with E-state index in [0.29, 0.717) is 44.7 Å². The van der Waals surface area contributed by atoms with Gasteiger partial charge in [-0.15, -0.1) is 0 Å². The van der Waals surface area contributed by atoms with Gasteiger partial charge in [0, 0.05) is 43.1 Å². The van der Waals surface area contributed by atoms with Crippen molar-refractivity contribution in [1.82, 2.24) is 4.90 Å². The molecule has 0 saturated carbocycles. The highest BCUT2D eigenvalue weighted by molar-refractivity contribution is 9.10. The Hall–Kier alpha value is -2.41. The first-order valence-electron chi connectivity index (χ1n) is 8.56. The van der Waals surface area contributed by atoms with E-state index in [2.05, 4.69) is 15.9 Å². The average Bonchev–Trinajstić information content (AvgIpc) is 2.67. The van der Waals surface area contributed by atoms with Gasteiger partial charge in [-0.1, -0.05) is 46.3 Å². The third kappa shape index (κ3) is 4.22. The van der Waals surface area contributed by atoms with Gasteiger partial charge in [-0.05, 0) is 24.1 Å². The molecule has 26 heavy (non-hydrogen) atoms. The highest BCUT2D eigenvalue weighted by atomic mass is 79.9. The number of hydrogen-bond donors (Lipinski definition) is 0.